The summed E-state index contributed by atoms with van der Waals surface area (Å²) in [5.74, 6) is 1.01. The highest BCUT2D eigenvalue weighted by atomic mass is 16.5. The van der Waals surface area contributed by atoms with Crippen molar-refractivity contribution >= 4 is 0 Å². The third kappa shape index (κ3) is 2.76. The van der Waals surface area contributed by atoms with Gasteiger partial charge in [0.25, 0.3) is 0 Å². The van der Waals surface area contributed by atoms with Gasteiger partial charge in [-0.2, -0.15) is 0 Å². The molecule has 1 unspecified atom stereocenters. The molecule has 2 aliphatic heterocycles. The molecule has 0 aliphatic carbocycles. The molecule has 0 spiro atoms. The highest BCUT2D eigenvalue weighted by molar-refractivity contribution is 5.68. The summed E-state index contributed by atoms with van der Waals surface area (Å²) in [6, 6.07) is 18.4. The number of nitrogens with one attached hydrogen (secondary N) is 1. The summed E-state index contributed by atoms with van der Waals surface area (Å²) in [7, 11) is 0. The second-order valence-electron chi connectivity index (χ2n) is 6.69. The minimum Gasteiger partial charge on any atom is -0.490 e. The van der Waals surface area contributed by atoms with Gasteiger partial charge in [0.2, 0.25) is 0 Å². The summed E-state index contributed by atoms with van der Waals surface area (Å²) >= 11 is 0. The molecular weight excluding hydrogens is 270 g/mol. The van der Waals surface area contributed by atoms with Crippen LogP contribution in [0.3, 0.4) is 0 Å². The number of benzene rings is 2. The van der Waals surface area contributed by atoms with E-state index in [1.807, 2.05) is 0 Å². The van der Waals surface area contributed by atoms with E-state index in [1.54, 1.807) is 0 Å². The first-order valence-electron chi connectivity index (χ1n) is 8.37. The Morgan fingerprint density at radius 1 is 0.955 bits per heavy atom. The number of piperidine rings is 1. The molecule has 2 heterocycles. The Morgan fingerprint density at radius 2 is 1.73 bits per heavy atom. The van der Waals surface area contributed by atoms with Crippen molar-refractivity contribution in [1.82, 2.24) is 5.32 Å². The molecule has 0 aromatic heterocycles. The molecule has 0 radical (unpaired) electrons. The second kappa shape index (κ2) is 5.77. The lowest BCUT2D eigenvalue weighted by Crippen LogP contribution is -2.42. The highest BCUT2D eigenvalue weighted by Crippen LogP contribution is 2.31. The topological polar surface area (TPSA) is 21.3 Å². The van der Waals surface area contributed by atoms with E-state index < -0.39 is 0 Å². The van der Waals surface area contributed by atoms with Crippen LogP contribution in [0.5, 0.6) is 5.75 Å². The van der Waals surface area contributed by atoms with Gasteiger partial charge in [-0.3, -0.25) is 0 Å². The lowest BCUT2D eigenvalue weighted by molar-refractivity contribution is 0.137. The van der Waals surface area contributed by atoms with Crippen molar-refractivity contribution in [2.75, 3.05) is 0 Å². The van der Waals surface area contributed by atoms with E-state index in [4.69, 9.17) is 4.74 Å². The average molecular weight is 293 g/mol. The monoisotopic (exact) mass is 293 g/mol. The predicted molar refractivity (Wildman–Crippen MR) is 90.2 cm³/mol. The van der Waals surface area contributed by atoms with E-state index in [9.17, 15) is 0 Å². The number of hydrogen-bond acceptors (Lipinski definition) is 2. The lowest BCUT2D eigenvalue weighted by atomic mass is 10.00. The van der Waals surface area contributed by atoms with Crippen molar-refractivity contribution in [2.45, 2.75) is 50.8 Å². The molecule has 4 rings (SSSR count). The fourth-order valence-electron chi connectivity index (χ4n) is 3.93. The smallest absolute Gasteiger partial charge is 0.120 e. The molecule has 2 fully saturated rings. The van der Waals surface area contributed by atoms with Crippen LogP contribution < -0.4 is 10.1 Å². The first-order chi connectivity index (χ1) is 10.8. The summed E-state index contributed by atoms with van der Waals surface area (Å²) in [4.78, 5) is 0. The minimum absolute atomic E-state index is 0.367. The first-order valence-corrected chi connectivity index (χ1v) is 8.37. The predicted octanol–water partition coefficient (Wildman–Crippen LogP) is 4.32. The maximum Gasteiger partial charge on any atom is 0.120 e. The maximum atomic E-state index is 6.30. The van der Waals surface area contributed by atoms with Gasteiger partial charge in [-0.05, 0) is 61.4 Å². The molecule has 1 N–H and O–H groups in total. The highest BCUT2D eigenvalue weighted by Gasteiger charge is 2.34. The summed E-state index contributed by atoms with van der Waals surface area (Å²) in [5, 5.41) is 3.67. The van der Waals surface area contributed by atoms with Crippen molar-refractivity contribution in [1.29, 1.82) is 0 Å². The maximum absolute atomic E-state index is 6.30. The van der Waals surface area contributed by atoms with Crippen LogP contribution in [0, 0.1) is 6.92 Å². The Bertz CT molecular complexity index is 654. The molecule has 2 aliphatic rings. The number of ether oxygens (including phenoxy) is 1. The Labute approximate surface area is 132 Å². The minimum atomic E-state index is 0.367. The Hall–Kier alpha value is -1.80. The van der Waals surface area contributed by atoms with E-state index >= 15 is 0 Å². The molecule has 2 heteroatoms. The van der Waals surface area contributed by atoms with Crippen molar-refractivity contribution in [3.05, 3.63) is 54.1 Å². The summed E-state index contributed by atoms with van der Waals surface area (Å²) in [6.45, 7) is 2.16. The quantitative estimate of drug-likeness (QED) is 0.909. The summed E-state index contributed by atoms with van der Waals surface area (Å²) < 4.78 is 6.30. The van der Waals surface area contributed by atoms with E-state index in [-0.39, 0.29) is 0 Å². The van der Waals surface area contributed by atoms with Gasteiger partial charge < -0.3 is 10.1 Å². The number of hydrogen-bond donors (Lipinski definition) is 1. The van der Waals surface area contributed by atoms with Gasteiger partial charge in [0.1, 0.15) is 11.9 Å². The standard InChI is InChI=1S/C20H23NO/c1-14-5-2-3-8-20(14)15-6-4-7-18(11-15)22-19-12-16-9-10-17(13-19)21-16/h2-8,11,16-17,19,21H,9-10,12-13H2,1H3/t16-,17+,19?. The molecule has 3 atom stereocenters. The molecule has 0 amide bonds. The van der Waals surface area contributed by atoms with Gasteiger partial charge >= 0.3 is 0 Å². The van der Waals surface area contributed by atoms with E-state index in [0.29, 0.717) is 18.2 Å². The van der Waals surface area contributed by atoms with Crippen molar-refractivity contribution in [3.8, 4) is 16.9 Å². The number of aryl methyl sites for hydroxylation is 1. The molecule has 2 aromatic carbocycles. The van der Waals surface area contributed by atoms with E-state index in [1.165, 1.54) is 29.5 Å². The zero-order chi connectivity index (χ0) is 14.9. The van der Waals surface area contributed by atoms with E-state index in [2.05, 4.69) is 60.8 Å². The lowest BCUT2D eigenvalue weighted by Gasteiger charge is -2.29. The Kier molecular flexibility index (Phi) is 3.63. The largest absolute Gasteiger partial charge is 0.490 e. The fraction of sp³-hybridized carbons (Fsp3) is 0.400. The van der Waals surface area contributed by atoms with Crippen LogP contribution in [0.1, 0.15) is 31.2 Å². The average Bonchev–Trinajstić information content (AvgIpc) is 2.87. The fourth-order valence-corrected chi connectivity index (χ4v) is 3.93. The van der Waals surface area contributed by atoms with Crippen LogP contribution in [0.15, 0.2) is 48.5 Å². The third-order valence-electron chi connectivity index (χ3n) is 5.02. The molecular formula is C20H23NO. The van der Waals surface area contributed by atoms with Crippen LogP contribution in [-0.2, 0) is 0 Å². The molecule has 0 saturated carbocycles. The van der Waals surface area contributed by atoms with Gasteiger partial charge in [-0.25, -0.2) is 0 Å². The van der Waals surface area contributed by atoms with Gasteiger partial charge in [-0.15, -0.1) is 0 Å². The van der Waals surface area contributed by atoms with Crippen LogP contribution in [0.4, 0.5) is 0 Å². The summed E-state index contributed by atoms with van der Waals surface area (Å²) in [6.07, 6.45) is 5.28. The normalized spacial score (nSPS) is 26.9. The number of rotatable bonds is 3. The molecule has 2 bridgehead atoms. The SMILES string of the molecule is Cc1ccccc1-c1cccc(OC2C[C@H]3CC[C@@H](C2)N3)c1. The number of fused-ring (bicyclic) bond motifs is 2. The van der Waals surface area contributed by atoms with Crippen LogP contribution in [-0.4, -0.2) is 18.2 Å². The third-order valence-corrected chi connectivity index (χ3v) is 5.02. The van der Waals surface area contributed by atoms with Crippen molar-refractivity contribution < 1.29 is 4.74 Å². The van der Waals surface area contributed by atoms with E-state index in [0.717, 1.165) is 18.6 Å². The zero-order valence-electron chi connectivity index (χ0n) is 13.1. The van der Waals surface area contributed by atoms with Gasteiger partial charge in [-0.1, -0.05) is 36.4 Å². The van der Waals surface area contributed by atoms with Gasteiger partial charge in [0.15, 0.2) is 0 Å². The molecule has 2 nitrogen and oxygen atoms in total. The zero-order valence-corrected chi connectivity index (χ0v) is 13.1. The van der Waals surface area contributed by atoms with Crippen molar-refractivity contribution in [2.24, 2.45) is 0 Å². The molecule has 22 heavy (non-hydrogen) atoms. The van der Waals surface area contributed by atoms with Crippen molar-refractivity contribution in [3.63, 3.8) is 0 Å². The van der Waals surface area contributed by atoms with Gasteiger partial charge in [0.05, 0.1) is 0 Å². The van der Waals surface area contributed by atoms with Crippen LogP contribution in [0.2, 0.25) is 0 Å². The first kappa shape index (κ1) is 13.8. The molecule has 2 aromatic rings. The molecule has 114 valence electrons. The Balaban J connectivity index is 1.54. The van der Waals surface area contributed by atoms with Gasteiger partial charge in [0, 0.05) is 12.1 Å². The summed E-state index contributed by atoms with van der Waals surface area (Å²) in [5.41, 5.74) is 3.84. The Morgan fingerprint density at radius 3 is 2.50 bits per heavy atom. The van der Waals surface area contributed by atoms with Crippen LogP contribution in [0.25, 0.3) is 11.1 Å². The second-order valence-corrected chi connectivity index (χ2v) is 6.69. The van der Waals surface area contributed by atoms with Crippen LogP contribution >= 0.6 is 0 Å². The molecule has 2 saturated heterocycles.